The molecule has 2 heterocycles. The Kier molecular flexibility index (Phi) is 3.44. The van der Waals surface area contributed by atoms with Gasteiger partial charge in [0.2, 0.25) is 5.91 Å². The van der Waals surface area contributed by atoms with Gasteiger partial charge in [-0.05, 0) is 24.3 Å². The lowest BCUT2D eigenvalue weighted by Crippen LogP contribution is -2.44. The van der Waals surface area contributed by atoms with Gasteiger partial charge in [-0.1, -0.05) is 6.07 Å². The van der Waals surface area contributed by atoms with E-state index >= 15 is 0 Å². The number of likely N-dealkylation sites (tertiary alicyclic amines) is 1. The molecule has 1 aliphatic rings. The number of carbonyl (C=O) groups is 2. The van der Waals surface area contributed by atoms with Gasteiger partial charge in [-0.25, -0.2) is 4.79 Å². The highest BCUT2D eigenvalue weighted by molar-refractivity contribution is 7.10. The van der Waals surface area contributed by atoms with Gasteiger partial charge < -0.3 is 15.7 Å². The Morgan fingerprint density at radius 1 is 1.59 bits per heavy atom. The van der Waals surface area contributed by atoms with Gasteiger partial charge >= 0.3 is 5.97 Å². The number of carboxylic acid groups (broad SMARTS) is 1. The van der Waals surface area contributed by atoms with Crippen LogP contribution in [-0.4, -0.2) is 34.5 Å². The van der Waals surface area contributed by atoms with Gasteiger partial charge in [-0.3, -0.25) is 4.79 Å². The monoisotopic (exact) mass is 254 g/mol. The minimum Gasteiger partial charge on any atom is -0.480 e. The number of nitrogens with zero attached hydrogens (tertiary/aromatic N) is 1. The van der Waals surface area contributed by atoms with Crippen LogP contribution in [0.15, 0.2) is 17.5 Å². The highest BCUT2D eigenvalue weighted by Gasteiger charge is 2.36. The molecule has 6 heteroatoms. The smallest absolute Gasteiger partial charge is 0.326 e. The Labute approximate surface area is 103 Å². The second kappa shape index (κ2) is 4.85. The van der Waals surface area contributed by atoms with E-state index in [9.17, 15) is 9.59 Å². The van der Waals surface area contributed by atoms with Crippen LogP contribution in [0.1, 0.15) is 23.8 Å². The van der Waals surface area contributed by atoms with Crippen molar-refractivity contribution < 1.29 is 14.7 Å². The van der Waals surface area contributed by atoms with Crippen LogP contribution in [0.2, 0.25) is 0 Å². The first kappa shape index (κ1) is 12.1. The zero-order valence-electron chi connectivity index (χ0n) is 9.20. The maximum absolute atomic E-state index is 12.1. The average Bonchev–Trinajstić information content (AvgIpc) is 2.97. The van der Waals surface area contributed by atoms with Crippen molar-refractivity contribution in [1.82, 2.24) is 4.90 Å². The lowest BCUT2D eigenvalue weighted by atomic mass is 10.2. The summed E-state index contributed by atoms with van der Waals surface area (Å²) in [6.45, 7) is 0.481. The van der Waals surface area contributed by atoms with E-state index in [1.807, 2.05) is 11.4 Å². The summed E-state index contributed by atoms with van der Waals surface area (Å²) in [5, 5.41) is 10.9. The number of rotatable bonds is 3. The van der Waals surface area contributed by atoms with E-state index in [2.05, 4.69) is 0 Å². The van der Waals surface area contributed by atoms with Crippen molar-refractivity contribution >= 4 is 23.2 Å². The summed E-state index contributed by atoms with van der Waals surface area (Å²) in [6.07, 6.45) is 1.23. The van der Waals surface area contributed by atoms with Gasteiger partial charge in [0.25, 0.3) is 0 Å². The van der Waals surface area contributed by atoms with Crippen LogP contribution in [0.4, 0.5) is 0 Å². The van der Waals surface area contributed by atoms with Crippen molar-refractivity contribution in [1.29, 1.82) is 0 Å². The highest BCUT2D eigenvalue weighted by Crippen LogP contribution is 2.24. The third kappa shape index (κ3) is 2.32. The first-order valence-electron chi connectivity index (χ1n) is 5.43. The van der Waals surface area contributed by atoms with Crippen molar-refractivity contribution in [3.05, 3.63) is 22.4 Å². The maximum atomic E-state index is 12.1. The summed E-state index contributed by atoms with van der Waals surface area (Å²) in [7, 11) is 0. The summed E-state index contributed by atoms with van der Waals surface area (Å²) in [5.41, 5.74) is 5.85. The Morgan fingerprint density at radius 3 is 2.94 bits per heavy atom. The molecule has 1 aromatic heterocycles. The maximum Gasteiger partial charge on any atom is 0.326 e. The number of hydrogen-bond donors (Lipinski definition) is 2. The molecule has 1 unspecified atom stereocenters. The molecule has 0 radical (unpaired) electrons. The summed E-state index contributed by atoms with van der Waals surface area (Å²) >= 11 is 1.41. The molecule has 2 rings (SSSR count). The number of amides is 1. The Hall–Kier alpha value is -1.40. The number of hydrogen-bond acceptors (Lipinski definition) is 4. The molecule has 1 aliphatic heterocycles. The van der Waals surface area contributed by atoms with E-state index in [0.717, 1.165) is 11.3 Å². The molecule has 2 atom stereocenters. The number of carbonyl (C=O) groups excluding carboxylic acids is 1. The highest BCUT2D eigenvalue weighted by atomic mass is 32.1. The van der Waals surface area contributed by atoms with Crippen LogP contribution in [-0.2, 0) is 9.59 Å². The van der Waals surface area contributed by atoms with Crippen LogP contribution >= 0.6 is 11.3 Å². The molecule has 5 nitrogen and oxygen atoms in total. The van der Waals surface area contributed by atoms with E-state index in [1.165, 1.54) is 16.2 Å². The zero-order valence-corrected chi connectivity index (χ0v) is 10.0. The SMILES string of the molecule is NC(C(=O)N1CCC[C@H]1C(=O)O)c1cccs1. The van der Waals surface area contributed by atoms with Crippen LogP contribution in [0.25, 0.3) is 0 Å². The predicted molar refractivity (Wildman–Crippen MR) is 63.6 cm³/mol. The Bertz CT molecular complexity index is 418. The van der Waals surface area contributed by atoms with Crippen molar-refractivity contribution in [2.24, 2.45) is 5.73 Å². The molecule has 1 amide bonds. The molecule has 0 spiro atoms. The van der Waals surface area contributed by atoms with E-state index in [0.29, 0.717) is 13.0 Å². The lowest BCUT2D eigenvalue weighted by molar-refractivity contribution is -0.148. The summed E-state index contributed by atoms with van der Waals surface area (Å²) in [5.74, 6) is -1.24. The van der Waals surface area contributed by atoms with E-state index in [4.69, 9.17) is 10.8 Å². The third-order valence-electron chi connectivity index (χ3n) is 2.94. The molecular formula is C11H14N2O3S. The summed E-state index contributed by atoms with van der Waals surface area (Å²) in [4.78, 5) is 25.2. The van der Waals surface area contributed by atoms with Crippen LogP contribution < -0.4 is 5.73 Å². The fraction of sp³-hybridized carbons (Fsp3) is 0.455. The number of aliphatic carboxylic acids is 1. The molecule has 0 aromatic carbocycles. The van der Waals surface area contributed by atoms with Crippen molar-refractivity contribution in [2.75, 3.05) is 6.54 Å². The predicted octanol–water partition coefficient (Wildman–Crippen LogP) is 0.824. The van der Waals surface area contributed by atoms with Gasteiger partial charge in [0.15, 0.2) is 0 Å². The topological polar surface area (TPSA) is 83.6 Å². The largest absolute Gasteiger partial charge is 0.480 e. The molecular weight excluding hydrogens is 240 g/mol. The van der Waals surface area contributed by atoms with Gasteiger partial charge in [0.05, 0.1) is 0 Å². The normalized spacial score (nSPS) is 21.5. The molecule has 1 saturated heterocycles. The first-order chi connectivity index (χ1) is 8.11. The van der Waals surface area contributed by atoms with Gasteiger partial charge in [-0.15, -0.1) is 11.3 Å². The fourth-order valence-corrected chi connectivity index (χ4v) is 2.77. The number of nitrogens with two attached hydrogens (primary N) is 1. The molecule has 3 N–H and O–H groups in total. The molecule has 1 aromatic rings. The second-order valence-electron chi connectivity index (χ2n) is 4.02. The number of thiophene rings is 1. The lowest BCUT2D eigenvalue weighted by Gasteiger charge is -2.24. The van der Waals surface area contributed by atoms with E-state index in [-0.39, 0.29) is 5.91 Å². The van der Waals surface area contributed by atoms with Crippen molar-refractivity contribution in [2.45, 2.75) is 24.9 Å². The minimum atomic E-state index is -0.950. The third-order valence-corrected chi connectivity index (χ3v) is 3.89. The molecule has 0 bridgehead atoms. The number of carboxylic acids is 1. The minimum absolute atomic E-state index is 0.294. The van der Waals surface area contributed by atoms with Gasteiger partial charge in [-0.2, -0.15) is 0 Å². The molecule has 1 fully saturated rings. The van der Waals surface area contributed by atoms with Gasteiger partial charge in [0.1, 0.15) is 12.1 Å². The molecule has 0 saturated carbocycles. The van der Waals surface area contributed by atoms with Crippen molar-refractivity contribution in [3.63, 3.8) is 0 Å². The van der Waals surface area contributed by atoms with E-state index < -0.39 is 18.1 Å². The summed E-state index contributed by atoms with van der Waals surface area (Å²) in [6, 6.07) is 2.16. The van der Waals surface area contributed by atoms with Crippen LogP contribution in [0.3, 0.4) is 0 Å². The zero-order chi connectivity index (χ0) is 12.4. The Morgan fingerprint density at radius 2 is 2.35 bits per heavy atom. The van der Waals surface area contributed by atoms with E-state index in [1.54, 1.807) is 6.07 Å². The standard InChI is InChI=1S/C11H14N2O3S/c12-9(8-4-2-6-17-8)10(14)13-5-1-3-7(13)11(15)16/h2,4,6-7,9H,1,3,5,12H2,(H,15,16)/t7-,9?/m0/s1. The molecule has 17 heavy (non-hydrogen) atoms. The molecule has 92 valence electrons. The van der Waals surface area contributed by atoms with Crippen LogP contribution in [0, 0.1) is 0 Å². The average molecular weight is 254 g/mol. The van der Waals surface area contributed by atoms with Crippen LogP contribution in [0.5, 0.6) is 0 Å². The summed E-state index contributed by atoms with van der Waals surface area (Å²) < 4.78 is 0. The first-order valence-corrected chi connectivity index (χ1v) is 6.31. The second-order valence-corrected chi connectivity index (χ2v) is 5.00. The quantitative estimate of drug-likeness (QED) is 0.836. The van der Waals surface area contributed by atoms with Gasteiger partial charge in [0, 0.05) is 11.4 Å². The van der Waals surface area contributed by atoms with Crippen molar-refractivity contribution in [3.8, 4) is 0 Å². The fourth-order valence-electron chi connectivity index (χ4n) is 2.06. The molecule has 0 aliphatic carbocycles. The Balaban J connectivity index is 2.12.